The van der Waals surface area contributed by atoms with Crippen LogP contribution < -0.4 is 10.1 Å². The summed E-state index contributed by atoms with van der Waals surface area (Å²) in [6, 6.07) is 6.33. The Morgan fingerprint density at radius 1 is 1.23 bits per heavy atom. The third kappa shape index (κ3) is 4.11. The minimum absolute atomic E-state index is 0.0597. The average Bonchev–Trinajstić information content (AvgIpc) is 3.55. The van der Waals surface area contributed by atoms with Gasteiger partial charge in [-0.3, -0.25) is 9.78 Å². The Kier molecular flexibility index (Phi) is 5.50. The summed E-state index contributed by atoms with van der Waals surface area (Å²) in [7, 11) is 1.28. The zero-order valence-electron chi connectivity index (χ0n) is 18.7. The van der Waals surface area contributed by atoms with Crippen molar-refractivity contribution in [3.05, 3.63) is 66.0 Å². The van der Waals surface area contributed by atoms with Crippen LogP contribution in [0.3, 0.4) is 0 Å². The van der Waals surface area contributed by atoms with Gasteiger partial charge in [-0.2, -0.15) is 13.2 Å². The molecule has 1 amide bonds. The Bertz CT molecular complexity index is 1410. The predicted molar refractivity (Wildman–Crippen MR) is 119 cm³/mol. The summed E-state index contributed by atoms with van der Waals surface area (Å²) in [6.07, 6.45) is 2.25. The Morgan fingerprint density at radius 3 is 2.83 bits per heavy atom. The Labute approximate surface area is 197 Å². The number of aryl methyl sites for hydroxylation is 1. The monoisotopic (exact) mass is 483 g/mol. The van der Waals surface area contributed by atoms with Crippen molar-refractivity contribution in [1.29, 1.82) is 0 Å². The number of nitrogens with zero attached hydrogens (tertiary/aromatic N) is 6. The molecule has 1 aliphatic rings. The van der Waals surface area contributed by atoms with Gasteiger partial charge in [0.2, 0.25) is 5.88 Å². The smallest absolute Gasteiger partial charge is 0.418 e. The van der Waals surface area contributed by atoms with Gasteiger partial charge in [-0.05, 0) is 31.5 Å². The standard InChI is InChI=1S/C23H20F3N7O2/c1-13-6-7-20-28-11-18(33(13)20)16-4-3-5-19(29-16)30-21(34)14-12-32(31-22(14)35-2)17-10-27-9-8-15(17)23(24,25)26/h3-5,8-13H,6-7H2,1-2H3,(H,29,30,34)/t13-/m0/s1. The molecule has 0 aliphatic carbocycles. The maximum absolute atomic E-state index is 13.4. The highest BCUT2D eigenvalue weighted by molar-refractivity contribution is 6.05. The first-order valence-electron chi connectivity index (χ1n) is 10.8. The maximum atomic E-state index is 13.4. The molecule has 9 nitrogen and oxygen atoms in total. The van der Waals surface area contributed by atoms with Crippen LogP contribution in [0.1, 0.15) is 41.1 Å². The molecule has 5 heterocycles. The number of halogens is 3. The van der Waals surface area contributed by atoms with E-state index in [1.54, 1.807) is 18.3 Å². The van der Waals surface area contributed by atoms with Crippen LogP contribution in [0.25, 0.3) is 17.1 Å². The molecule has 4 aromatic heterocycles. The second-order valence-electron chi connectivity index (χ2n) is 8.07. The number of hydrogen-bond acceptors (Lipinski definition) is 6. The van der Waals surface area contributed by atoms with E-state index in [9.17, 15) is 18.0 Å². The summed E-state index contributed by atoms with van der Waals surface area (Å²) in [5.41, 5.74) is 0.157. The van der Waals surface area contributed by atoms with Gasteiger partial charge in [0.05, 0.1) is 42.1 Å². The number of hydrogen-bond donors (Lipinski definition) is 1. The maximum Gasteiger partial charge on any atom is 0.418 e. The van der Waals surface area contributed by atoms with E-state index in [0.717, 1.165) is 53.7 Å². The molecule has 0 fully saturated rings. The zero-order chi connectivity index (χ0) is 24.7. The van der Waals surface area contributed by atoms with Gasteiger partial charge in [-0.1, -0.05) is 6.07 Å². The van der Waals surface area contributed by atoms with E-state index < -0.39 is 17.6 Å². The molecule has 1 N–H and O–H groups in total. The largest absolute Gasteiger partial charge is 0.479 e. The van der Waals surface area contributed by atoms with Gasteiger partial charge in [0.25, 0.3) is 5.91 Å². The Hall–Kier alpha value is -4.22. The molecule has 5 rings (SSSR count). The average molecular weight is 483 g/mol. The number of rotatable bonds is 5. The Balaban J connectivity index is 1.44. The van der Waals surface area contributed by atoms with E-state index in [0.29, 0.717) is 11.7 Å². The molecule has 0 aromatic carbocycles. The lowest BCUT2D eigenvalue weighted by Crippen LogP contribution is -2.14. The quantitative estimate of drug-likeness (QED) is 0.454. The summed E-state index contributed by atoms with van der Waals surface area (Å²) < 4.78 is 48.5. The van der Waals surface area contributed by atoms with Crippen molar-refractivity contribution < 1.29 is 22.7 Å². The minimum atomic E-state index is -4.63. The number of nitrogens with one attached hydrogen (secondary N) is 1. The van der Waals surface area contributed by atoms with Gasteiger partial charge in [0, 0.05) is 24.9 Å². The van der Waals surface area contributed by atoms with Crippen LogP contribution >= 0.6 is 0 Å². The van der Waals surface area contributed by atoms with Crippen LogP contribution in [0.4, 0.5) is 19.0 Å². The second kappa shape index (κ2) is 8.53. The molecule has 180 valence electrons. The van der Waals surface area contributed by atoms with Gasteiger partial charge in [0.1, 0.15) is 17.2 Å². The topological polar surface area (TPSA) is 99.7 Å². The number of imidazole rings is 1. The third-order valence-electron chi connectivity index (χ3n) is 5.82. The van der Waals surface area contributed by atoms with E-state index in [1.807, 2.05) is 6.07 Å². The number of anilines is 1. The van der Waals surface area contributed by atoms with E-state index in [-0.39, 0.29) is 22.9 Å². The van der Waals surface area contributed by atoms with Crippen molar-refractivity contribution in [2.45, 2.75) is 32.0 Å². The summed E-state index contributed by atoms with van der Waals surface area (Å²) >= 11 is 0. The van der Waals surface area contributed by atoms with Crippen molar-refractivity contribution in [1.82, 2.24) is 29.3 Å². The highest BCUT2D eigenvalue weighted by Crippen LogP contribution is 2.34. The van der Waals surface area contributed by atoms with Crippen molar-refractivity contribution in [2.75, 3.05) is 12.4 Å². The number of carbonyl (C=O) groups is 1. The van der Waals surface area contributed by atoms with Crippen molar-refractivity contribution in [2.24, 2.45) is 0 Å². The fourth-order valence-corrected chi connectivity index (χ4v) is 4.16. The molecule has 4 aromatic rings. The Morgan fingerprint density at radius 2 is 2.06 bits per heavy atom. The highest BCUT2D eigenvalue weighted by atomic mass is 19.4. The van der Waals surface area contributed by atoms with Gasteiger partial charge in [-0.25, -0.2) is 14.6 Å². The summed E-state index contributed by atoms with van der Waals surface area (Å²) in [6.45, 7) is 2.11. The number of fused-ring (bicyclic) bond motifs is 1. The van der Waals surface area contributed by atoms with Crippen molar-refractivity contribution in [3.8, 4) is 23.0 Å². The molecule has 0 spiro atoms. The lowest BCUT2D eigenvalue weighted by Gasteiger charge is -2.12. The molecular weight excluding hydrogens is 463 g/mol. The highest BCUT2D eigenvalue weighted by Gasteiger charge is 2.35. The molecule has 35 heavy (non-hydrogen) atoms. The van der Waals surface area contributed by atoms with Crippen LogP contribution in [0.2, 0.25) is 0 Å². The van der Waals surface area contributed by atoms with Gasteiger partial charge < -0.3 is 14.6 Å². The van der Waals surface area contributed by atoms with E-state index in [1.165, 1.54) is 7.11 Å². The van der Waals surface area contributed by atoms with Gasteiger partial charge in [0.15, 0.2) is 0 Å². The first-order chi connectivity index (χ1) is 16.8. The number of alkyl halides is 3. The van der Waals surface area contributed by atoms with Crippen LogP contribution in [0.5, 0.6) is 5.88 Å². The van der Waals surface area contributed by atoms with Crippen LogP contribution in [-0.2, 0) is 12.6 Å². The first-order valence-corrected chi connectivity index (χ1v) is 10.8. The van der Waals surface area contributed by atoms with Gasteiger partial charge in [-0.15, -0.1) is 5.10 Å². The molecule has 12 heteroatoms. The fraction of sp³-hybridized carbons (Fsp3) is 0.261. The predicted octanol–water partition coefficient (Wildman–Crippen LogP) is 4.31. The van der Waals surface area contributed by atoms with Crippen molar-refractivity contribution in [3.63, 3.8) is 0 Å². The number of aromatic nitrogens is 6. The normalized spacial score (nSPS) is 15.2. The number of amides is 1. The van der Waals surface area contributed by atoms with Crippen LogP contribution in [0.15, 0.2) is 49.1 Å². The molecular formula is C23H20F3N7O2. The van der Waals surface area contributed by atoms with Gasteiger partial charge >= 0.3 is 6.18 Å². The number of pyridine rings is 2. The lowest BCUT2D eigenvalue weighted by atomic mass is 10.2. The van der Waals surface area contributed by atoms with Crippen molar-refractivity contribution >= 4 is 11.7 Å². The van der Waals surface area contributed by atoms with E-state index in [2.05, 4.69) is 36.9 Å². The number of methoxy groups -OCH3 is 1. The molecule has 1 aliphatic heterocycles. The summed E-state index contributed by atoms with van der Waals surface area (Å²) in [5.74, 6) is 0.482. The molecule has 0 saturated heterocycles. The van der Waals surface area contributed by atoms with E-state index >= 15 is 0 Å². The van der Waals surface area contributed by atoms with Crippen LogP contribution in [-0.4, -0.2) is 42.3 Å². The molecule has 1 atom stereocenters. The molecule has 0 bridgehead atoms. The minimum Gasteiger partial charge on any atom is -0.479 e. The zero-order valence-corrected chi connectivity index (χ0v) is 18.7. The fourth-order valence-electron chi connectivity index (χ4n) is 4.16. The molecule has 0 radical (unpaired) electrons. The number of carbonyl (C=O) groups excluding carboxylic acids is 1. The first kappa shape index (κ1) is 22.6. The van der Waals surface area contributed by atoms with Crippen LogP contribution in [0, 0.1) is 0 Å². The summed E-state index contributed by atoms with van der Waals surface area (Å²) in [5, 5.41) is 6.68. The second-order valence-corrected chi connectivity index (χ2v) is 8.07. The summed E-state index contributed by atoms with van der Waals surface area (Å²) in [4.78, 5) is 25.8. The SMILES string of the molecule is COc1nn(-c2cnccc2C(F)(F)F)cc1C(=O)Nc1cccc(-c2cnc3n2[C@@H](C)CC3)n1. The molecule has 0 saturated carbocycles. The third-order valence-corrected chi connectivity index (χ3v) is 5.82. The lowest BCUT2D eigenvalue weighted by molar-refractivity contribution is -0.137. The van der Waals surface area contributed by atoms with E-state index in [4.69, 9.17) is 4.74 Å². The number of ether oxygens (including phenoxy) is 1. The molecule has 0 unspecified atom stereocenters.